The summed E-state index contributed by atoms with van der Waals surface area (Å²) >= 11 is 1.49. The van der Waals surface area contributed by atoms with Crippen LogP contribution in [0.4, 0.5) is 5.95 Å². The van der Waals surface area contributed by atoms with Crippen molar-refractivity contribution in [3.05, 3.63) is 47.1 Å². The Hall–Kier alpha value is -3.13. The molecule has 1 aromatic carbocycles. The number of aromatic nitrogens is 4. The normalized spacial score (nSPS) is 16.9. The summed E-state index contributed by atoms with van der Waals surface area (Å²) in [5.74, 6) is 0.229. The maximum Gasteiger partial charge on any atom is 0.235 e. The van der Waals surface area contributed by atoms with Crippen LogP contribution in [0.1, 0.15) is 16.5 Å². The zero-order valence-electron chi connectivity index (χ0n) is 18.3. The highest BCUT2D eigenvalue weighted by atomic mass is 32.2. The molecule has 5 rings (SSSR count). The maximum absolute atomic E-state index is 11.9. The Morgan fingerprint density at radius 1 is 1.35 bits per heavy atom. The summed E-state index contributed by atoms with van der Waals surface area (Å²) in [5, 5.41) is 10.9. The molecule has 1 unspecified atom stereocenters. The van der Waals surface area contributed by atoms with Crippen LogP contribution in [0.15, 0.2) is 36.7 Å². The van der Waals surface area contributed by atoms with E-state index in [0.29, 0.717) is 25.6 Å². The van der Waals surface area contributed by atoms with Gasteiger partial charge in [0.2, 0.25) is 21.9 Å². The highest BCUT2D eigenvalue weighted by molar-refractivity contribution is 7.88. The zero-order valence-corrected chi connectivity index (χ0v) is 19.9. The van der Waals surface area contributed by atoms with Crippen molar-refractivity contribution in [2.24, 2.45) is 0 Å². The van der Waals surface area contributed by atoms with E-state index in [1.807, 2.05) is 24.4 Å². The van der Waals surface area contributed by atoms with Gasteiger partial charge < -0.3 is 15.0 Å². The van der Waals surface area contributed by atoms with E-state index in [9.17, 15) is 13.2 Å². The number of H-pyrrole nitrogens is 1. The lowest BCUT2D eigenvalue weighted by Gasteiger charge is -2.33. The fourth-order valence-electron chi connectivity index (χ4n) is 3.85. The van der Waals surface area contributed by atoms with Crippen molar-refractivity contribution in [1.29, 1.82) is 0 Å². The van der Waals surface area contributed by atoms with Crippen molar-refractivity contribution in [2.75, 3.05) is 37.4 Å². The Balaban J connectivity index is 1.28. The van der Waals surface area contributed by atoms with Crippen LogP contribution in [0.2, 0.25) is 0 Å². The second-order valence-electron chi connectivity index (χ2n) is 7.99. The lowest BCUT2D eigenvalue weighted by atomic mass is 10.0. The molecule has 0 aliphatic carbocycles. The third kappa shape index (κ3) is 5.01. The van der Waals surface area contributed by atoms with Crippen LogP contribution < -0.4 is 14.9 Å². The first kappa shape index (κ1) is 22.7. The Morgan fingerprint density at radius 3 is 3.09 bits per heavy atom. The van der Waals surface area contributed by atoms with Crippen molar-refractivity contribution >= 4 is 54.3 Å². The average molecular weight is 502 g/mol. The molecule has 1 aliphatic rings. The van der Waals surface area contributed by atoms with Gasteiger partial charge in [-0.05, 0) is 17.7 Å². The number of sulfonamides is 1. The van der Waals surface area contributed by atoms with E-state index < -0.39 is 15.9 Å². The molecular weight excluding hydrogens is 478 g/mol. The number of nitrogens with zero attached hydrogens (tertiary/aromatic N) is 4. The summed E-state index contributed by atoms with van der Waals surface area (Å²) in [4.78, 5) is 24.2. The zero-order chi connectivity index (χ0) is 23.7. The summed E-state index contributed by atoms with van der Waals surface area (Å²) in [6, 6.07) is 7.95. The van der Waals surface area contributed by atoms with Gasteiger partial charge >= 0.3 is 0 Å². The summed E-state index contributed by atoms with van der Waals surface area (Å²) < 4.78 is 31.4. The smallest absolute Gasteiger partial charge is 0.235 e. The number of hydrogen-bond donors (Lipinski definition) is 3. The first-order chi connectivity index (χ1) is 16.4. The number of nitrogens with one attached hydrogen (secondary N) is 3. The Bertz CT molecular complexity index is 1450. The summed E-state index contributed by atoms with van der Waals surface area (Å²) in [5.41, 5.74) is 2.85. The molecule has 1 amide bonds. The van der Waals surface area contributed by atoms with Gasteiger partial charge in [0.15, 0.2) is 0 Å². The predicted molar refractivity (Wildman–Crippen MR) is 129 cm³/mol. The molecule has 4 aromatic rings. The van der Waals surface area contributed by atoms with Crippen LogP contribution in [0.3, 0.4) is 0 Å². The Morgan fingerprint density at radius 2 is 2.24 bits per heavy atom. The minimum atomic E-state index is -3.41. The molecule has 0 bridgehead atoms. The van der Waals surface area contributed by atoms with Crippen LogP contribution in [0.5, 0.6) is 0 Å². The standard InChI is InChI=1S/C21H23N7O4S2/c1-34(30,31)25-11-20(29)22-8-13-7-17-19(33-13)10-23-21(26-17)28-5-6-32-18(12-28)14-3-2-4-16-15(14)9-24-27-16/h2-4,7,9-10,18,25H,5-6,8,11-12H2,1H3,(H,22,29)(H,24,27). The molecule has 1 fully saturated rings. The number of hydrogen-bond acceptors (Lipinski definition) is 9. The van der Waals surface area contributed by atoms with Gasteiger partial charge in [0.25, 0.3) is 0 Å². The second-order valence-corrected chi connectivity index (χ2v) is 11.0. The minimum Gasteiger partial charge on any atom is -0.370 e. The third-order valence-electron chi connectivity index (χ3n) is 5.48. The van der Waals surface area contributed by atoms with Crippen molar-refractivity contribution < 1.29 is 17.9 Å². The van der Waals surface area contributed by atoms with Crippen LogP contribution in [-0.2, 0) is 26.1 Å². The number of benzene rings is 1. The van der Waals surface area contributed by atoms with Gasteiger partial charge in [-0.15, -0.1) is 11.3 Å². The van der Waals surface area contributed by atoms with E-state index in [4.69, 9.17) is 9.72 Å². The lowest BCUT2D eigenvalue weighted by Crippen LogP contribution is -2.39. The Kier molecular flexibility index (Phi) is 6.16. The van der Waals surface area contributed by atoms with E-state index in [1.165, 1.54) is 11.3 Å². The van der Waals surface area contributed by atoms with E-state index in [2.05, 4.69) is 36.2 Å². The van der Waals surface area contributed by atoms with Crippen molar-refractivity contribution in [3.63, 3.8) is 0 Å². The molecule has 34 heavy (non-hydrogen) atoms. The highest BCUT2D eigenvalue weighted by Crippen LogP contribution is 2.30. The highest BCUT2D eigenvalue weighted by Gasteiger charge is 2.25. The van der Waals surface area contributed by atoms with Crippen molar-refractivity contribution in [2.45, 2.75) is 12.6 Å². The number of ether oxygens (including phenoxy) is 1. The van der Waals surface area contributed by atoms with Crippen molar-refractivity contribution in [3.8, 4) is 0 Å². The molecule has 13 heteroatoms. The average Bonchev–Trinajstić information content (AvgIpc) is 3.47. The monoisotopic (exact) mass is 501 g/mol. The molecule has 3 aromatic heterocycles. The third-order valence-corrected chi connectivity index (χ3v) is 7.21. The summed E-state index contributed by atoms with van der Waals surface area (Å²) in [7, 11) is -3.41. The Labute approximate surface area is 199 Å². The first-order valence-corrected chi connectivity index (χ1v) is 13.3. The molecule has 0 spiro atoms. The van der Waals surface area contributed by atoms with Gasteiger partial charge in [-0.25, -0.2) is 23.1 Å². The number of anilines is 1. The molecule has 1 atom stereocenters. The largest absolute Gasteiger partial charge is 0.370 e. The van der Waals surface area contributed by atoms with Gasteiger partial charge in [-0.2, -0.15) is 5.10 Å². The topological polar surface area (TPSA) is 142 Å². The summed E-state index contributed by atoms with van der Waals surface area (Å²) in [6.45, 7) is 1.86. The predicted octanol–water partition coefficient (Wildman–Crippen LogP) is 1.31. The van der Waals surface area contributed by atoms with E-state index in [1.54, 1.807) is 6.20 Å². The van der Waals surface area contributed by atoms with Gasteiger partial charge in [-0.1, -0.05) is 12.1 Å². The number of amides is 1. The van der Waals surface area contributed by atoms with Gasteiger partial charge in [-0.3, -0.25) is 9.89 Å². The number of fused-ring (bicyclic) bond motifs is 2. The van der Waals surface area contributed by atoms with Gasteiger partial charge in [0.05, 0.1) is 60.6 Å². The van der Waals surface area contributed by atoms with Crippen LogP contribution in [-0.4, -0.2) is 67.0 Å². The van der Waals surface area contributed by atoms with E-state index >= 15 is 0 Å². The van der Waals surface area contributed by atoms with Crippen LogP contribution in [0.25, 0.3) is 21.1 Å². The van der Waals surface area contributed by atoms with Crippen LogP contribution in [0, 0.1) is 0 Å². The number of morpholine rings is 1. The SMILES string of the molecule is CS(=O)(=O)NCC(=O)NCc1cc2nc(N3CCOC(c4cccc5[nH]ncc45)C3)ncc2s1. The molecule has 4 heterocycles. The fourth-order valence-corrected chi connectivity index (χ4v) is 5.16. The molecule has 1 aliphatic heterocycles. The number of carbonyl (C=O) groups excluding carboxylic acids is 1. The van der Waals surface area contributed by atoms with E-state index in [0.717, 1.165) is 37.8 Å². The first-order valence-electron chi connectivity index (χ1n) is 10.6. The van der Waals surface area contributed by atoms with Gasteiger partial charge in [0.1, 0.15) is 6.10 Å². The lowest BCUT2D eigenvalue weighted by molar-refractivity contribution is -0.120. The molecule has 3 N–H and O–H groups in total. The molecule has 178 valence electrons. The fraction of sp³-hybridized carbons (Fsp3) is 0.333. The number of thiophene rings is 1. The van der Waals surface area contributed by atoms with Crippen LogP contribution >= 0.6 is 11.3 Å². The quantitative estimate of drug-likeness (QED) is 0.344. The number of aromatic amines is 1. The number of carbonyl (C=O) groups is 1. The second kappa shape index (κ2) is 9.25. The van der Waals surface area contributed by atoms with Crippen molar-refractivity contribution in [1.82, 2.24) is 30.2 Å². The molecule has 0 saturated carbocycles. The number of rotatable bonds is 7. The molecule has 1 saturated heterocycles. The minimum absolute atomic E-state index is 0.122. The van der Waals surface area contributed by atoms with Gasteiger partial charge in [0, 0.05) is 16.8 Å². The molecule has 11 nitrogen and oxygen atoms in total. The molecule has 0 radical (unpaired) electrons. The molecular formula is C21H23N7O4S2. The van der Waals surface area contributed by atoms with E-state index in [-0.39, 0.29) is 19.2 Å². The summed E-state index contributed by atoms with van der Waals surface area (Å²) in [6.07, 6.45) is 4.50. The maximum atomic E-state index is 11.9.